The van der Waals surface area contributed by atoms with Crippen LogP contribution in [0, 0.1) is 11.3 Å². The fourth-order valence-electron chi connectivity index (χ4n) is 4.02. The van der Waals surface area contributed by atoms with Gasteiger partial charge in [0.05, 0.1) is 16.8 Å². The lowest BCUT2D eigenvalue weighted by molar-refractivity contribution is 0.174. The molecule has 6 rings (SSSR count). The van der Waals surface area contributed by atoms with Crippen molar-refractivity contribution in [2.45, 2.75) is 6.92 Å². The molecule has 0 bridgehead atoms. The fourth-order valence-corrected chi connectivity index (χ4v) is 5.30. The average molecular weight is 487 g/mol. The van der Waals surface area contributed by atoms with Crippen molar-refractivity contribution < 1.29 is 14.2 Å². The maximum atomic E-state index is 10.1. The molecule has 0 aliphatic carbocycles. The number of hydrogen-bond donors (Lipinski definition) is 0. The van der Waals surface area contributed by atoms with Crippen molar-refractivity contribution >= 4 is 43.4 Å². The lowest BCUT2D eigenvalue weighted by Crippen LogP contribution is -2.00. The minimum Gasteiger partial charge on any atom is -0.477 e. The summed E-state index contributed by atoms with van der Waals surface area (Å²) in [6.45, 7) is 2.43. The summed E-state index contributed by atoms with van der Waals surface area (Å²) in [5, 5.41) is 11.1. The average Bonchev–Trinajstić information content (AvgIpc) is 3.48. The molecule has 0 fully saturated rings. The molecule has 0 spiro atoms. The van der Waals surface area contributed by atoms with E-state index in [0.29, 0.717) is 61.1 Å². The van der Waals surface area contributed by atoms with Gasteiger partial charge in [-0.15, -0.1) is 11.3 Å². The van der Waals surface area contributed by atoms with Crippen LogP contribution in [0.3, 0.4) is 0 Å². The highest BCUT2D eigenvalue weighted by Crippen LogP contribution is 2.45. The zero-order valence-electron chi connectivity index (χ0n) is 17.8. The van der Waals surface area contributed by atoms with Crippen molar-refractivity contribution in [1.82, 2.24) is 15.0 Å². The molecule has 0 radical (unpaired) electrons. The maximum Gasteiger partial charge on any atom is 0.233 e. The molecule has 3 aromatic heterocycles. The second-order valence-corrected chi connectivity index (χ2v) is 8.80. The minimum atomic E-state index is 0.180. The summed E-state index contributed by atoms with van der Waals surface area (Å²) in [6.07, 6.45) is 0. The van der Waals surface area contributed by atoms with Gasteiger partial charge in [0, 0.05) is 16.5 Å². The maximum absolute atomic E-state index is 10.1. The van der Waals surface area contributed by atoms with Gasteiger partial charge in [0.25, 0.3) is 0 Å². The summed E-state index contributed by atoms with van der Waals surface area (Å²) in [5.74, 6) is 2.05. The molecule has 0 N–H and O–H groups in total. The van der Waals surface area contributed by atoms with Gasteiger partial charge in [-0.05, 0) is 30.7 Å². The van der Waals surface area contributed by atoms with Crippen LogP contribution in [0.25, 0.3) is 42.9 Å². The van der Waals surface area contributed by atoms with Gasteiger partial charge in [0.15, 0.2) is 22.5 Å². The highest BCUT2D eigenvalue weighted by molar-refractivity contribution is 7.26. The summed E-state index contributed by atoms with van der Waals surface area (Å²) < 4.78 is 17.4. The van der Waals surface area contributed by atoms with Crippen LogP contribution in [0.5, 0.6) is 17.4 Å². The molecule has 2 aromatic carbocycles. The second kappa shape index (κ2) is 8.13. The third kappa shape index (κ3) is 3.21. The predicted octanol–water partition coefficient (Wildman–Crippen LogP) is 6.23. The Bertz CT molecular complexity index is 1630. The van der Waals surface area contributed by atoms with Crippen LogP contribution in [0.4, 0.5) is 0 Å². The molecular formula is C25H15ClN4O3S. The Hall–Kier alpha value is -3.93. The Labute approximate surface area is 203 Å². The molecule has 0 saturated heterocycles. The van der Waals surface area contributed by atoms with E-state index in [9.17, 15) is 5.26 Å². The van der Waals surface area contributed by atoms with Gasteiger partial charge in [-0.2, -0.15) is 5.26 Å². The molecule has 5 aromatic rings. The quantitative estimate of drug-likeness (QED) is 0.278. The van der Waals surface area contributed by atoms with Gasteiger partial charge in [-0.3, -0.25) is 0 Å². The van der Waals surface area contributed by atoms with Gasteiger partial charge >= 0.3 is 0 Å². The van der Waals surface area contributed by atoms with Crippen LogP contribution < -0.4 is 14.2 Å². The molecule has 0 unspecified atom stereocenters. The molecule has 166 valence electrons. The van der Waals surface area contributed by atoms with E-state index in [1.807, 2.05) is 55.5 Å². The summed E-state index contributed by atoms with van der Waals surface area (Å²) in [6, 6.07) is 17.5. The van der Waals surface area contributed by atoms with Gasteiger partial charge < -0.3 is 14.2 Å². The summed E-state index contributed by atoms with van der Waals surface area (Å²) in [4.78, 5) is 14.8. The molecular weight excluding hydrogens is 472 g/mol. The number of aromatic nitrogens is 3. The zero-order valence-corrected chi connectivity index (χ0v) is 19.4. The Morgan fingerprint density at radius 2 is 1.88 bits per heavy atom. The number of hydrogen-bond acceptors (Lipinski definition) is 8. The van der Waals surface area contributed by atoms with Crippen LogP contribution in [0.1, 0.15) is 12.5 Å². The largest absolute Gasteiger partial charge is 0.477 e. The molecule has 1 aliphatic heterocycles. The lowest BCUT2D eigenvalue weighted by atomic mass is 9.98. The zero-order chi connectivity index (χ0) is 23.2. The van der Waals surface area contributed by atoms with Crippen LogP contribution in [-0.2, 0) is 0 Å². The first-order chi connectivity index (χ1) is 16.7. The Morgan fingerprint density at radius 3 is 2.68 bits per heavy atom. The van der Waals surface area contributed by atoms with Crippen LogP contribution in [0.2, 0.25) is 5.15 Å². The Morgan fingerprint density at radius 1 is 1.06 bits per heavy atom. The molecule has 1 aliphatic rings. The first kappa shape index (κ1) is 20.7. The minimum absolute atomic E-state index is 0.180. The van der Waals surface area contributed by atoms with Crippen molar-refractivity contribution in [3.05, 3.63) is 59.2 Å². The standard InChI is InChI=1S/C25H15ClN4O3S/c1-2-31-24-15(11-27)18(13-6-4-3-5-7-13)19-20-21(34-25(19)30-24)22(26)29-23(28-20)14-8-9-16-17(10-14)33-12-32-16/h3-10H,2,12H2,1H3. The topological polar surface area (TPSA) is 90.2 Å². The molecule has 0 atom stereocenters. The van der Waals surface area contributed by atoms with Crippen molar-refractivity contribution in [3.63, 3.8) is 0 Å². The van der Waals surface area contributed by atoms with E-state index >= 15 is 0 Å². The van der Waals surface area contributed by atoms with Crippen LogP contribution in [-0.4, -0.2) is 28.4 Å². The van der Waals surface area contributed by atoms with Gasteiger partial charge in [-0.1, -0.05) is 41.9 Å². The molecule has 0 amide bonds. The van der Waals surface area contributed by atoms with Gasteiger partial charge in [0.1, 0.15) is 16.5 Å². The van der Waals surface area contributed by atoms with Crippen LogP contribution in [0.15, 0.2) is 48.5 Å². The van der Waals surface area contributed by atoms with Gasteiger partial charge in [-0.25, -0.2) is 15.0 Å². The Balaban J connectivity index is 1.69. The molecule has 4 heterocycles. The predicted molar refractivity (Wildman–Crippen MR) is 131 cm³/mol. The van der Waals surface area contributed by atoms with E-state index in [1.54, 1.807) is 0 Å². The highest BCUT2D eigenvalue weighted by Gasteiger charge is 2.24. The van der Waals surface area contributed by atoms with E-state index < -0.39 is 0 Å². The van der Waals surface area contributed by atoms with Crippen LogP contribution >= 0.6 is 22.9 Å². The Kier molecular flexibility index (Phi) is 4.94. The summed E-state index contributed by atoms with van der Waals surface area (Å²) in [5.41, 5.74) is 3.33. The molecule has 7 nitrogen and oxygen atoms in total. The smallest absolute Gasteiger partial charge is 0.233 e. The van der Waals surface area contributed by atoms with E-state index in [0.717, 1.165) is 16.5 Å². The second-order valence-electron chi connectivity index (χ2n) is 7.44. The first-order valence-corrected chi connectivity index (χ1v) is 11.7. The van der Waals surface area contributed by atoms with E-state index in [1.165, 1.54) is 11.3 Å². The van der Waals surface area contributed by atoms with Gasteiger partial charge in [0.2, 0.25) is 12.7 Å². The highest BCUT2D eigenvalue weighted by atomic mass is 35.5. The van der Waals surface area contributed by atoms with Crippen molar-refractivity contribution in [2.75, 3.05) is 13.4 Å². The molecule has 0 saturated carbocycles. The fraction of sp³-hybridized carbons (Fsp3) is 0.120. The third-order valence-electron chi connectivity index (χ3n) is 5.48. The first-order valence-electron chi connectivity index (χ1n) is 10.5. The number of thiophene rings is 1. The number of pyridine rings is 1. The molecule has 9 heteroatoms. The normalized spacial score (nSPS) is 12.3. The summed E-state index contributed by atoms with van der Waals surface area (Å²) >= 11 is 8.03. The SMILES string of the molecule is CCOc1nc2sc3c(Cl)nc(-c4ccc5c(c4)OCO5)nc3c2c(-c2ccccc2)c1C#N. The van der Waals surface area contributed by atoms with Crippen molar-refractivity contribution in [1.29, 1.82) is 5.26 Å². The number of ether oxygens (including phenoxy) is 3. The number of benzene rings is 2. The number of nitrogens with zero attached hydrogens (tertiary/aromatic N) is 4. The van der Waals surface area contributed by atoms with E-state index in [4.69, 9.17) is 30.8 Å². The van der Waals surface area contributed by atoms with E-state index in [2.05, 4.69) is 16.0 Å². The number of fused-ring (bicyclic) bond motifs is 4. The number of halogens is 1. The third-order valence-corrected chi connectivity index (χ3v) is 6.94. The van der Waals surface area contributed by atoms with Crippen molar-refractivity contribution in [2.24, 2.45) is 0 Å². The van der Waals surface area contributed by atoms with E-state index in [-0.39, 0.29) is 6.79 Å². The number of nitriles is 1. The number of rotatable bonds is 4. The van der Waals surface area contributed by atoms with Crippen molar-refractivity contribution in [3.8, 4) is 46.0 Å². The summed E-state index contributed by atoms with van der Waals surface area (Å²) in [7, 11) is 0. The lowest BCUT2D eigenvalue weighted by Gasteiger charge is -2.11. The monoisotopic (exact) mass is 486 g/mol. The molecule has 34 heavy (non-hydrogen) atoms.